The number of rotatable bonds is 5. The van der Waals surface area contributed by atoms with E-state index in [9.17, 15) is 19.5 Å². The Morgan fingerprint density at radius 2 is 1.95 bits per heavy atom. The van der Waals surface area contributed by atoms with Gasteiger partial charge in [-0.25, -0.2) is 4.79 Å². The van der Waals surface area contributed by atoms with Crippen LogP contribution in [0, 0.1) is 11.8 Å². The summed E-state index contributed by atoms with van der Waals surface area (Å²) >= 11 is 0. The Labute approximate surface area is 131 Å². The number of amides is 2. The van der Waals surface area contributed by atoms with Crippen molar-refractivity contribution in [3.8, 4) is 0 Å². The second-order valence-corrected chi connectivity index (χ2v) is 6.61. The molecule has 1 aliphatic carbocycles. The van der Waals surface area contributed by atoms with E-state index in [1.807, 2.05) is 6.92 Å². The van der Waals surface area contributed by atoms with Crippen LogP contribution in [-0.2, 0) is 14.4 Å². The lowest BCUT2D eigenvalue weighted by atomic mass is 10.1. The summed E-state index contributed by atoms with van der Waals surface area (Å²) in [4.78, 5) is 37.7. The van der Waals surface area contributed by atoms with Crippen molar-refractivity contribution in [2.24, 2.45) is 11.8 Å². The lowest BCUT2D eigenvalue weighted by Gasteiger charge is -2.28. The topological polar surface area (TPSA) is 98.7 Å². The fourth-order valence-corrected chi connectivity index (χ4v) is 3.11. The smallest absolute Gasteiger partial charge is 0.329 e. The molecule has 22 heavy (non-hydrogen) atoms. The number of nitrogens with zero attached hydrogens (tertiary/aromatic N) is 1. The van der Waals surface area contributed by atoms with Gasteiger partial charge in [-0.2, -0.15) is 0 Å². The number of carboxylic acid groups (broad SMARTS) is 1. The second-order valence-electron chi connectivity index (χ2n) is 6.61. The summed E-state index contributed by atoms with van der Waals surface area (Å²) in [6.45, 7) is 5.84. The maximum absolute atomic E-state index is 12.5. The summed E-state index contributed by atoms with van der Waals surface area (Å²) in [5.74, 6) is -1.58. The van der Waals surface area contributed by atoms with Gasteiger partial charge in [0.1, 0.15) is 11.6 Å². The molecule has 1 heterocycles. The summed E-state index contributed by atoms with van der Waals surface area (Å²) in [6, 6.07) is -1.23. The molecule has 3 N–H and O–H groups in total. The van der Waals surface area contributed by atoms with Gasteiger partial charge in [-0.3, -0.25) is 9.59 Å². The van der Waals surface area contributed by atoms with Gasteiger partial charge >= 0.3 is 5.97 Å². The van der Waals surface area contributed by atoms with Gasteiger partial charge in [0.25, 0.3) is 0 Å². The SMILES string of the molecule is [B]NC(C)C(=O)N1CC(C)CC1C(=O)NC1(C(=O)O)CC1C. The molecule has 0 aromatic heterocycles. The Morgan fingerprint density at radius 1 is 1.36 bits per heavy atom. The first-order valence-electron chi connectivity index (χ1n) is 7.55. The number of carboxylic acids is 1. The van der Waals surface area contributed by atoms with Gasteiger partial charge in [-0.15, -0.1) is 0 Å². The molecule has 0 aromatic carbocycles. The summed E-state index contributed by atoms with van der Waals surface area (Å²) in [5.41, 5.74) is -1.17. The number of aliphatic carboxylic acids is 1. The van der Waals surface area contributed by atoms with Crippen molar-refractivity contribution in [1.82, 2.24) is 15.4 Å². The summed E-state index contributed by atoms with van der Waals surface area (Å²) in [7, 11) is 5.29. The second kappa shape index (κ2) is 5.91. The molecule has 2 rings (SSSR count). The number of hydrogen-bond acceptors (Lipinski definition) is 4. The molecule has 2 radical (unpaired) electrons. The van der Waals surface area contributed by atoms with Crippen LogP contribution in [0.1, 0.15) is 33.6 Å². The van der Waals surface area contributed by atoms with Crippen LogP contribution in [0.25, 0.3) is 0 Å². The Bertz CT molecular complexity index is 500. The predicted molar refractivity (Wildman–Crippen MR) is 79.9 cm³/mol. The van der Waals surface area contributed by atoms with Crippen molar-refractivity contribution < 1.29 is 19.5 Å². The highest BCUT2D eigenvalue weighted by Gasteiger charge is 2.60. The van der Waals surface area contributed by atoms with Gasteiger partial charge in [-0.05, 0) is 31.6 Å². The molecule has 8 heteroatoms. The van der Waals surface area contributed by atoms with Gasteiger partial charge in [0.15, 0.2) is 7.98 Å². The minimum atomic E-state index is -1.17. The number of carbonyl (C=O) groups is 3. The Balaban J connectivity index is 2.10. The zero-order valence-corrected chi connectivity index (χ0v) is 13.1. The molecule has 1 saturated heterocycles. The summed E-state index contributed by atoms with van der Waals surface area (Å²) in [5, 5.41) is 14.3. The standard InChI is InChI=1S/C14H22BN3O4/c1-7-4-10(18(6-7)12(20)9(3)17-15)11(19)16-14(13(21)22)5-8(14)2/h7-10,17H,4-6H2,1-3H3,(H,16,19)(H,21,22). The molecule has 1 saturated carbocycles. The molecule has 120 valence electrons. The van der Waals surface area contributed by atoms with E-state index in [0.717, 1.165) is 0 Å². The van der Waals surface area contributed by atoms with Crippen LogP contribution in [0.3, 0.4) is 0 Å². The number of likely N-dealkylation sites (tertiary alicyclic amines) is 1. The number of nitrogens with one attached hydrogen (secondary N) is 2. The van der Waals surface area contributed by atoms with Gasteiger partial charge < -0.3 is 20.6 Å². The van der Waals surface area contributed by atoms with Crippen molar-refractivity contribution in [3.05, 3.63) is 0 Å². The van der Waals surface area contributed by atoms with E-state index < -0.39 is 29.5 Å². The van der Waals surface area contributed by atoms with Gasteiger partial charge in [0.05, 0.1) is 6.04 Å². The fourth-order valence-electron chi connectivity index (χ4n) is 3.11. The lowest BCUT2D eigenvalue weighted by Crippen LogP contribution is -2.55. The maximum Gasteiger partial charge on any atom is 0.329 e. The first kappa shape index (κ1) is 16.8. The van der Waals surface area contributed by atoms with Gasteiger partial charge in [-0.1, -0.05) is 13.8 Å². The molecule has 5 unspecified atom stereocenters. The largest absolute Gasteiger partial charge is 0.479 e. The average Bonchev–Trinajstić information content (AvgIpc) is 2.94. The quantitative estimate of drug-likeness (QED) is 0.581. The third-order valence-corrected chi connectivity index (χ3v) is 4.75. The lowest BCUT2D eigenvalue weighted by molar-refractivity contribution is -0.145. The fraction of sp³-hybridized carbons (Fsp3) is 0.786. The highest BCUT2D eigenvalue weighted by atomic mass is 16.4. The van der Waals surface area contributed by atoms with Crippen LogP contribution >= 0.6 is 0 Å². The Morgan fingerprint density at radius 3 is 2.41 bits per heavy atom. The first-order chi connectivity index (χ1) is 10.2. The minimum absolute atomic E-state index is 0.0958. The van der Waals surface area contributed by atoms with Crippen LogP contribution in [0.4, 0.5) is 0 Å². The summed E-state index contributed by atoms with van der Waals surface area (Å²) in [6.07, 6.45) is 0.948. The van der Waals surface area contributed by atoms with E-state index >= 15 is 0 Å². The van der Waals surface area contributed by atoms with Crippen molar-refractivity contribution in [3.63, 3.8) is 0 Å². The van der Waals surface area contributed by atoms with E-state index in [1.54, 1.807) is 13.8 Å². The van der Waals surface area contributed by atoms with Gasteiger partial charge in [0, 0.05) is 6.54 Å². The van der Waals surface area contributed by atoms with Crippen LogP contribution in [0.15, 0.2) is 0 Å². The molecule has 0 spiro atoms. The molecule has 1 aliphatic heterocycles. The van der Waals surface area contributed by atoms with Crippen molar-refractivity contribution in [2.45, 2.75) is 51.2 Å². The highest BCUT2D eigenvalue weighted by molar-refractivity contribution is 6.07. The Kier molecular flexibility index (Phi) is 4.51. The van der Waals surface area contributed by atoms with Gasteiger partial charge in [0.2, 0.25) is 11.8 Å². The van der Waals surface area contributed by atoms with E-state index in [4.69, 9.17) is 7.98 Å². The zero-order chi connectivity index (χ0) is 16.7. The molecule has 0 bridgehead atoms. The van der Waals surface area contributed by atoms with Crippen LogP contribution < -0.4 is 10.5 Å². The molecule has 0 aromatic rings. The van der Waals surface area contributed by atoms with E-state index in [-0.39, 0.29) is 17.7 Å². The molecule has 2 amide bonds. The van der Waals surface area contributed by atoms with Crippen LogP contribution in [0.2, 0.25) is 0 Å². The molecular formula is C14H22BN3O4. The zero-order valence-electron chi connectivity index (χ0n) is 13.1. The minimum Gasteiger partial charge on any atom is -0.479 e. The third kappa shape index (κ3) is 2.84. The molecule has 2 fully saturated rings. The number of carbonyl (C=O) groups excluding carboxylic acids is 2. The highest BCUT2D eigenvalue weighted by Crippen LogP contribution is 2.43. The van der Waals surface area contributed by atoms with Crippen molar-refractivity contribution in [1.29, 1.82) is 0 Å². The average molecular weight is 307 g/mol. The van der Waals surface area contributed by atoms with E-state index in [1.165, 1.54) is 4.90 Å². The first-order valence-corrected chi connectivity index (χ1v) is 7.55. The molecule has 2 aliphatic rings. The monoisotopic (exact) mass is 307 g/mol. The normalized spacial score (nSPS) is 35.0. The molecular weight excluding hydrogens is 285 g/mol. The predicted octanol–water partition coefficient (Wildman–Crippen LogP) is -0.736. The summed E-state index contributed by atoms with van der Waals surface area (Å²) < 4.78 is 0. The van der Waals surface area contributed by atoms with Crippen molar-refractivity contribution >= 4 is 25.8 Å². The molecule has 7 nitrogen and oxygen atoms in total. The third-order valence-electron chi connectivity index (χ3n) is 4.75. The van der Waals surface area contributed by atoms with Crippen LogP contribution in [-0.4, -0.2) is 59.9 Å². The van der Waals surface area contributed by atoms with Crippen molar-refractivity contribution in [2.75, 3.05) is 6.54 Å². The maximum atomic E-state index is 12.5. The number of hydrogen-bond donors (Lipinski definition) is 3. The van der Waals surface area contributed by atoms with E-state index in [0.29, 0.717) is 19.4 Å². The van der Waals surface area contributed by atoms with Crippen LogP contribution in [0.5, 0.6) is 0 Å². The Hall–Kier alpha value is -1.57. The van der Waals surface area contributed by atoms with E-state index in [2.05, 4.69) is 10.5 Å². The molecule has 5 atom stereocenters.